The summed E-state index contributed by atoms with van der Waals surface area (Å²) in [7, 11) is 1.59. The van der Waals surface area contributed by atoms with E-state index in [2.05, 4.69) is 4.98 Å². The lowest BCUT2D eigenvalue weighted by molar-refractivity contribution is 0.0690. The number of aromatic nitrogens is 1. The van der Waals surface area contributed by atoms with Crippen LogP contribution in [-0.2, 0) is 4.74 Å². The zero-order valence-corrected chi connectivity index (χ0v) is 10.9. The molecule has 0 aliphatic carbocycles. The Balaban J connectivity index is 2.36. The quantitative estimate of drug-likeness (QED) is 0.823. The molecule has 0 bridgehead atoms. The van der Waals surface area contributed by atoms with Gasteiger partial charge in [0.2, 0.25) is 0 Å². The molecule has 0 aliphatic heterocycles. The van der Waals surface area contributed by atoms with Gasteiger partial charge in [0.05, 0.1) is 12.1 Å². The normalized spacial score (nSPS) is 10.7. The van der Waals surface area contributed by atoms with Crippen molar-refractivity contribution in [3.8, 4) is 5.75 Å². The van der Waals surface area contributed by atoms with E-state index >= 15 is 0 Å². The number of aromatic carboxylic acids is 1. The Labute approximate surface area is 115 Å². The van der Waals surface area contributed by atoms with Gasteiger partial charge in [-0.3, -0.25) is 0 Å². The van der Waals surface area contributed by atoms with E-state index in [4.69, 9.17) is 14.6 Å². The molecule has 1 aromatic heterocycles. The van der Waals surface area contributed by atoms with Gasteiger partial charge in [0.15, 0.2) is 5.69 Å². The lowest BCUT2D eigenvalue weighted by Crippen LogP contribution is -2.05. The number of fused-ring (bicyclic) bond motifs is 1. The molecule has 1 N–H and O–H groups in total. The molecule has 0 unspecified atom stereocenters. The van der Waals surface area contributed by atoms with Crippen molar-refractivity contribution in [3.05, 3.63) is 35.8 Å². The van der Waals surface area contributed by atoms with Crippen LogP contribution in [0.1, 0.15) is 16.9 Å². The molecule has 0 aliphatic rings. The van der Waals surface area contributed by atoms with Crippen LogP contribution >= 0.6 is 0 Å². The highest BCUT2D eigenvalue weighted by molar-refractivity contribution is 5.93. The van der Waals surface area contributed by atoms with E-state index in [1.165, 1.54) is 24.3 Å². The van der Waals surface area contributed by atoms with Crippen molar-refractivity contribution in [3.63, 3.8) is 0 Å². The van der Waals surface area contributed by atoms with Gasteiger partial charge in [-0.1, -0.05) is 0 Å². The third kappa shape index (κ3) is 3.21. The van der Waals surface area contributed by atoms with Gasteiger partial charge in [-0.05, 0) is 12.1 Å². The second kappa shape index (κ2) is 6.29. The van der Waals surface area contributed by atoms with Crippen LogP contribution in [-0.4, -0.2) is 36.4 Å². The number of carbonyl (C=O) groups is 1. The molecule has 2 rings (SSSR count). The Hall–Kier alpha value is -2.21. The maximum Gasteiger partial charge on any atom is 0.354 e. The summed E-state index contributed by atoms with van der Waals surface area (Å²) in [6, 6.07) is 5.33. The third-order valence-corrected chi connectivity index (χ3v) is 2.70. The number of halogens is 1. The Morgan fingerprint density at radius 2 is 2.15 bits per heavy atom. The minimum atomic E-state index is -1.18. The minimum absolute atomic E-state index is 0.176. The van der Waals surface area contributed by atoms with Gasteiger partial charge in [-0.25, -0.2) is 14.2 Å². The second-order valence-corrected chi connectivity index (χ2v) is 4.17. The summed E-state index contributed by atoms with van der Waals surface area (Å²) >= 11 is 0. The smallest absolute Gasteiger partial charge is 0.354 e. The van der Waals surface area contributed by atoms with Gasteiger partial charge in [0.1, 0.15) is 11.6 Å². The summed E-state index contributed by atoms with van der Waals surface area (Å²) in [5.74, 6) is -1.28. The first-order chi connectivity index (χ1) is 9.61. The number of hydrogen-bond donors (Lipinski definition) is 1. The molecule has 1 heterocycles. The summed E-state index contributed by atoms with van der Waals surface area (Å²) in [5, 5.41) is 9.59. The van der Waals surface area contributed by atoms with E-state index in [0.717, 1.165) is 0 Å². The van der Waals surface area contributed by atoms with E-state index in [1.807, 2.05) is 0 Å². The van der Waals surface area contributed by atoms with Gasteiger partial charge < -0.3 is 14.6 Å². The SMILES string of the molecule is COCCCOc1cc(C(=O)O)nc2cc(F)ccc12. The number of hydrogen-bond acceptors (Lipinski definition) is 4. The van der Waals surface area contributed by atoms with Crippen molar-refractivity contribution in [2.75, 3.05) is 20.3 Å². The number of benzene rings is 1. The first-order valence-electron chi connectivity index (χ1n) is 6.07. The van der Waals surface area contributed by atoms with Crippen molar-refractivity contribution in [2.45, 2.75) is 6.42 Å². The molecular weight excluding hydrogens is 265 g/mol. The molecule has 1 aromatic carbocycles. The van der Waals surface area contributed by atoms with E-state index in [9.17, 15) is 9.18 Å². The number of pyridine rings is 1. The highest BCUT2D eigenvalue weighted by atomic mass is 19.1. The monoisotopic (exact) mass is 279 g/mol. The summed E-state index contributed by atoms with van der Waals surface area (Å²) in [5.41, 5.74) is 0.0801. The first-order valence-corrected chi connectivity index (χ1v) is 6.07. The number of carboxylic acids is 1. The van der Waals surface area contributed by atoms with Gasteiger partial charge in [0, 0.05) is 37.7 Å². The maximum absolute atomic E-state index is 13.2. The predicted octanol–water partition coefficient (Wildman–Crippen LogP) is 2.49. The average Bonchev–Trinajstić information content (AvgIpc) is 2.42. The fourth-order valence-corrected chi connectivity index (χ4v) is 1.78. The third-order valence-electron chi connectivity index (χ3n) is 2.70. The largest absolute Gasteiger partial charge is 0.493 e. The maximum atomic E-state index is 13.2. The van der Waals surface area contributed by atoms with Crippen LogP contribution in [0.5, 0.6) is 5.75 Å². The highest BCUT2D eigenvalue weighted by Crippen LogP contribution is 2.26. The Kier molecular flexibility index (Phi) is 4.47. The minimum Gasteiger partial charge on any atom is -0.493 e. The Morgan fingerprint density at radius 1 is 1.35 bits per heavy atom. The summed E-state index contributed by atoms with van der Waals surface area (Å²) in [6.45, 7) is 0.923. The van der Waals surface area contributed by atoms with Crippen molar-refractivity contribution in [1.29, 1.82) is 0 Å². The molecule has 0 amide bonds. The van der Waals surface area contributed by atoms with E-state index in [0.29, 0.717) is 30.8 Å². The van der Waals surface area contributed by atoms with Crippen LogP contribution in [0.4, 0.5) is 4.39 Å². The standard InChI is InChI=1S/C14H14FNO4/c1-19-5-2-6-20-13-8-12(14(17)18)16-11-7-9(15)3-4-10(11)13/h3-4,7-8H,2,5-6H2,1H3,(H,17,18). The van der Waals surface area contributed by atoms with E-state index in [-0.39, 0.29) is 11.2 Å². The average molecular weight is 279 g/mol. The van der Waals surface area contributed by atoms with Gasteiger partial charge in [-0.2, -0.15) is 0 Å². The van der Waals surface area contributed by atoms with Gasteiger partial charge in [0.25, 0.3) is 0 Å². The number of ether oxygens (including phenoxy) is 2. The van der Waals surface area contributed by atoms with Crippen LogP contribution in [0, 0.1) is 5.82 Å². The fraction of sp³-hybridized carbons (Fsp3) is 0.286. The topological polar surface area (TPSA) is 68.7 Å². The van der Waals surface area contributed by atoms with E-state index < -0.39 is 11.8 Å². The van der Waals surface area contributed by atoms with Crippen molar-refractivity contribution < 1.29 is 23.8 Å². The molecule has 0 atom stereocenters. The van der Waals surface area contributed by atoms with Crippen LogP contribution in [0.2, 0.25) is 0 Å². The second-order valence-electron chi connectivity index (χ2n) is 4.17. The van der Waals surface area contributed by atoms with E-state index in [1.54, 1.807) is 7.11 Å². The summed E-state index contributed by atoms with van der Waals surface area (Å²) in [4.78, 5) is 14.9. The molecule has 106 valence electrons. The van der Waals surface area contributed by atoms with Crippen molar-refractivity contribution >= 4 is 16.9 Å². The number of nitrogens with zero attached hydrogens (tertiary/aromatic N) is 1. The number of carboxylic acid groups (broad SMARTS) is 1. The fourth-order valence-electron chi connectivity index (χ4n) is 1.78. The highest BCUT2D eigenvalue weighted by Gasteiger charge is 2.12. The van der Waals surface area contributed by atoms with Crippen LogP contribution < -0.4 is 4.74 Å². The number of methoxy groups -OCH3 is 1. The zero-order chi connectivity index (χ0) is 14.5. The molecule has 2 aromatic rings. The van der Waals surface area contributed by atoms with Gasteiger partial charge >= 0.3 is 5.97 Å². The molecule has 6 heteroatoms. The lowest BCUT2D eigenvalue weighted by Gasteiger charge is -2.10. The Morgan fingerprint density at radius 3 is 2.85 bits per heavy atom. The molecule has 0 spiro atoms. The molecule has 0 fully saturated rings. The van der Waals surface area contributed by atoms with Crippen LogP contribution in [0.3, 0.4) is 0 Å². The first kappa shape index (κ1) is 14.2. The predicted molar refractivity (Wildman–Crippen MR) is 70.6 cm³/mol. The molecule has 0 saturated carbocycles. The summed E-state index contributed by atoms with van der Waals surface area (Å²) < 4.78 is 23.7. The molecule has 0 radical (unpaired) electrons. The lowest BCUT2D eigenvalue weighted by atomic mass is 10.1. The Bertz CT molecular complexity index is 630. The van der Waals surface area contributed by atoms with Gasteiger partial charge in [-0.15, -0.1) is 0 Å². The molecule has 20 heavy (non-hydrogen) atoms. The van der Waals surface area contributed by atoms with Crippen molar-refractivity contribution in [1.82, 2.24) is 4.98 Å². The van der Waals surface area contributed by atoms with Crippen molar-refractivity contribution in [2.24, 2.45) is 0 Å². The van der Waals surface area contributed by atoms with Crippen LogP contribution in [0.25, 0.3) is 10.9 Å². The summed E-state index contributed by atoms with van der Waals surface area (Å²) in [6.07, 6.45) is 0.671. The molecule has 0 saturated heterocycles. The molecular formula is C14H14FNO4. The molecule has 5 nitrogen and oxygen atoms in total. The number of rotatable bonds is 6. The van der Waals surface area contributed by atoms with Crippen LogP contribution in [0.15, 0.2) is 24.3 Å². The zero-order valence-electron chi connectivity index (χ0n) is 10.9.